The first-order valence-corrected chi connectivity index (χ1v) is 10.8. The van der Waals surface area contributed by atoms with Gasteiger partial charge in [-0.2, -0.15) is 0 Å². The van der Waals surface area contributed by atoms with Crippen molar-refractivity contribution >= 4 is 33.4 Å². The van der Waals surface area contributed by atoms with Crippen molar-refractivity contribution in [3.05, 3.63) is 65.4 Å². The molecule has 0 amide bonds. The van der Waals surface area contributed by atoms with Crippen LogP contribution in [0.15, 0.2) is 54.9 Å². The summed E-state index contributed by atoms with van der Waals surface area (Å²) in [5.74, 6) is 1.60. The van der Waals surface area contributed by atoms with E-state index in [1.165, 1.54) is 23.8 Å². The van der Waals surface area contributed by atoms with E-state index in [1.54, 1.807) is 0 Å². The number of hydrogen-bond donors (Lipinski definition) is 2. The smallest absolute Gasteiger partial charge is 0.128 e. The Morgan fingerprint density at radius 1 is 1.00 bits per heavy atom. The van der Waals surface area contributed by atoms with Gasteiger partial charge in [0.05, 0.1) is 6.61 Å². The highest BCUT2D eigenvalue weighted by Crippen LogP contribution is 2.34. The zero-order chi connectivity index (χ0) is 19.6. The summed E-state index contributed by atoms with van der Waals surface area (Å²) in [4.78, 5) is 9.20. The molecular formula is C24H26ClN3O. The number of ether oxygens (including phenoxy) is 1. The van der Waals surface area contributed by atoms with Crippen molar-refractivity contribution < 1.29 is 4.74 Å². The minimum Gasteiger partial charge on any atom is -0.493 e. The minimum absolute atomic E-state index is 0.628. The molecule has 5 heteroatoms. The number of halogens is 1. The Hall–Kier alpha value is -2.43. The van der Waals surface area contributed by atoms with Crippen molar-refractivity contribution in [2.24, 2.45) is 0 Å². The maximum atomic E-state index is 6.12. The number of fused-ring (bicyclic) bond motifs is 2. The summed E-state index contributed by atoms with van der Waals surface area (Å²) in [6, 6.07) is 14.4. The molecule has 1 aliphatic rings. The molecule has 0 atom stereocenters. The second-order valence-electron chi connectivity index (χ2n) is 7.95. The normalized spacial score (nSPS) is 16.0. The fourth-order valence-electron chi connectivity index (χ4n) is 4.58. The van der Waals surface area contributed by atoms with E-state index in [-0.39, 0.29) is 0 Å². The molecule has 3 heterocycles. The molecule has 1 aliphatic heterocycles. The molecule has 0 radical (unpaired) electrons. The first kappa shape index (κ1) is 18.6. The summed E-state index contributed by atoms with van der Waals surface area (Å²) in [6.07, 6.45) is 7.61. The molecule has 150 valence electrons. The Bertz CT molecular complexity index is 1110. The van der Waals surface area contributed by atoms with Gasteiger partial charge in [-0.05, 0) is 74.2 Å². The van der Waals surface area contributed by atoms with E-state index in [9.17, 15) is 0 Å². The van der Waals surface area contributed by atoms with Crippen molar-refractivity contribution in [2.75, 3.05) is 26.2 Å². The summed E-state index contributed by atoms with van der Waals surface area (Å²) in [5.41, 5.74) is 3.72. The number of benzene rings is 2. The number of nitrogens with zero attached hydrogens (tertiary/aromatic N) is 1. The van der Waals surface area contributed by atoms with Crippen LogP contribution in [0.25, 0.3) is 21.8 Å². The average Bonchev–Trinajstić information content (AvgIpc) is 3.38. The lowest BCUT2D eigenvalue weighted by atomic mass is 9.89. The maximum Gasteiger partial charge on any atom is 0.128 e. The summed E-state index contributed by atoms with van der Waals surface area (Å²) < 4.78 is 6.04. The Labute approximate surface area is 175 Å². The second kappa shape index (κ2) is 8.13. The Kier molecular flexibility index (Phi) is 5.21. The van der Waals surface area contributed by atoms with Crippen LogP contribution in [-0.2, 0) is 0 Å². The minimum atomic E-state index is 0.628. The first-order chi connectivity index (χ1) is 14.3. The van der Waals surface area contributed by atoms with Crippen LogP contribution in [0.3, 0.4) is 0 Å². The number of rotatable bonds is 6. The number of piperidine rings is 1. The van der Waals surface area contributed by atoms with Crippen LogP contribution in [0.1, 0.15) is 30.7 Å². The van der Waals surface area contributed by atoms with Gasteiger partial charge in [-0.15, -0.1) is 0 Å². The molecule has 0 spiro atoms. The van der Waals surface area contributed by atoms with E-state index in [2.05, 4.69) is 45.3 Å². The molecule has 2 aromatic heterocycles. The molecule has 1 fully saturated rings. The van der Waals surface area contributed by atoms with Crippen LogP contribution in [0.2, 0.25) is 5.02 Å². The topological polar surface area (TPSA) is 44.0 Å². The highest BCUT2D eigenvalue weighted by molar-refractivity contribution is 6.31. The van der Waals surface area contributed by atoms with Crippen LogP contribution < -0.4 is 4.74 Å². The van der Waals surface area contributed by atoms with Gasteiger partial charge in [0.2, 0.25) is 0 Å². The summed E-state index contributed by atoms with van der Waals surface area (Å²) in [6.45, 7) is 4.16. The number of nitrogens with one attached hydrogen (secondary N) is 2. The van der Waals surface area contributed by atoms with Gasteiger partial charge >= 0.3 is 0 Å². The number of aromatic nitrogens is 2. The average molecular weight is 408 g/mol. The lowest BCUT2D eigenvalue weighted by Crippen LogP contribution is -2.34. The van der Waals surface area contributed by atoms with Gasteiger partial charge in [0.25, 0.3) is 0 Å². The molecule has 2 aromatic carbocycles. The van der Waals surface area contributed by atoms with Gasteiger partial charge in [0.15, 0.2) is 0 Å². The van der Waals surface area contributed by atoms with Gasteiger partial charge in [0.1, 0.15) is 5.75 Å². The molecule has 2 N–H and O–H groups in total. The Balaban J connectivity index is 1.11. The standard InChI is InChI=1S/C24H26ClN3O/c25-18-5-6-19-21(16-27-23(19)15-18)17-8-12-28(13-9-17)11-2-14-29-24-4-1-3-22-20(24)7-10-26-22/h1,3-7,10,15-17,26-27H,2,8-9,11-14H2. The van der Waals surface area contributed by atoms with E-state index in [1.807, 2.05) is 24.4 Å². The Morgan fingerprint density at radius 2 is 1.90 bits per heavy atom. The summed E-state index contributed by atoms with van der Waals surface area (Å²) >= 11 is 6.12. The zero-order valence-corrected chi connectivity index (χ0v) is 17.2. The second-order valence-corrected chi connectivity index (χ2v) is 8.38. The van der Waals surface area contributed by atoms with Crippen LogP contribution >= 0.6 is 11.6 Å². The van der Waals surface area contributed by atoms with Gasteiger partial charge in [0, 0.05) is 45.8 Å². The van der Waals surface area contributed by atoms with Crippen LogP contribution in [0.5, 0.6) is 5.75 Å². The lowest BCUT2D eigenvalue weighted by molar-refractivity contribution is 0.193. The summed E-state index contributed by atoms with van der Waals surface area (Å²) in [7, 11) is 0. The van der Waals surface area contributed by atoms with Crippen molar-refractivity contribution in [2.45, 2.75) is 25.2 Å². The molecule has 5 rings (SSSR count). The zero-order valence-electron chi connectivity index (χ0n) is 16.5. The Morgan fingerprint density at radius 3 is 2.79 bits per heavy atom. The molecule has 0 unspecified atom stereocenters. The van der Waals surface area contributed by atoms with E-state index in [0.29, 0.717) is 5.92 Å². The number of hydrogen-bond acceptors (Lipinski definition) is 2. The molecule has 4 aromatic rings. The SMILES string of the molecule is Clc1ccc2c(C3CCN(CCCOc4cccc5[nH]ccc45)CC3)c[nH]c2c1. The third kappa shape index (κ3) is 3.87. The van der Waals surface area contributed by atoms with Crippen molar-refractivity contribution in [1.82, 2.24) is 14.9 Å². The first-order valence-electron chi connectivity index (χ1n) is 10.5. The quantitative estimate of drug-likeness (QED) is 0.388. The van der Waals surface area contributed by atoms with Gasteiger partial charge in [-0.1, -0.05) is 23.7 Å². The highest BCUT2D eigenvalue weighted by Gasteiger charge is 2.22. The molecule has 4 nitrogen and oxygen atoms in total. The third-order valence-corrected chi connectivity index (χ3v) is 6.37. The van der Waals surface area contributed by atoms with Crippen molar-refractivity contribution in [3.8, 4) is 5.75 Å². The van der Waals surface area contributed by atoms with E-state index in [4.69, 9.17) is 16.3 Å². The van der Waals surface area contributed by atoms with Gasteiger partial charge in [-0.25, -0.2) is 0 Å². The highest BCUT2D eigenvalue weighted by atomic mass is 35.5. The summed E-state index contributed by atoms with van der Waals surface area (Å²) in [5, 5.41) is 3.27. The predicted octanol–water partition coefficient (Wildman–Crippen LogP) is 5.95. The van der Waals surface area contributed by atoms with E-state index in [0.717, 1.165) is 59.9 Å². The van der Waals surface area contributed by atoms with E-state index >= 15 is 0 Å². The number of aromatic amines is 2. The van der Waals surface area contributed by atoms with Gasteiger partial charge < -0.3 is 19.6 Å². The number of likely N-dealkylation sites (tertiary alicyclic amines) is 1. The lowest BCUT2D eigenvalue weighted by Gasteiger charge is -2.31. The fourth-order valence-corrected chi connectivity index (χ4v) is 4.75. The molecule has 0 bridgehead atoms. The largest absolute Gasteiger partial charge is 0.493 e. The van der Waals surface area contributed by atoms with Crippen LogP contribution in [0, 0.1) is 0 Å². The molecule has 0 aliphatic carbocycles. The predicted molar refractivity (Wildman–Crippen MR) is 120 cm³/mol. The molecule has 29 heavy (non-hydrogen) atoms. The van der Waals surface area contributed by atoms with Crippen LogP contribution in [0.4, 0.5) is 0 Å². The maximum absolute atomic E-state index is 6.12. The van der Waals surface area contributed by atoms with Crippen molar-refractivity contribution in [3.63, 3.8) is 0 Å². The monoisotopic (exact) mass is 407 g/mol. The molecule has 0 saturated carbocycles. The number of H-pyrrole nitrogens is 2. The molecular weight excluding hydrogens is 382 g/mol. The fraction of sp³-hybridized carbons (Fsp3) is 0.333. The third-order valence-electron chi connectivity index (χ3n) is 6.13. The molecule has 1 saturated heterocycles. The van der Waals surface area contributed by atoms with Crippen molar-refractivity contribution in [1.29, 1.82) is 0 Å². The van der Waals surface area contributed by atoms with Gasteiger partial charge in [-0.3, -0.25) is 0 Å². The van der Waals surface area contributed by atoms with Crippen LogP contribution in [-0.4, -0.2) is 41.1 Å². The van der Waals surface area contributed by atoms with E-state index < -0.39 is 0 Å².